The Morgan fingerprint density at radius 1 is 1.00 bits per heavy atom. The van der Waals surface area contributed by atoms with Crippen LogP contribution in [0.15, 0.2) is 53.0 Å². The van der Waals surface area contributed by atoms with Gasteiger partial charge in [0.15, 0.2) is 0 Å². The van der Waals surface area contributed by atoms with E-state index in [1.807, 2.05) is 31.2 Å². The molecule has 0 bridgehead atoms. The second-order valence-corrected chi connectivity index (χ2v) is 8.55. The van der Waals surface area contributed by atoms with Gasteiger partial charge in [0.1, 0.15) is 0 Å². The van der Waals surface area contributed by atoms with Gasteiger partial charge >= 0.3 is 0 Å². The Morgan fingerprint density at radius 3 is 1.86 bits per heavy atom. The van der Waals surface area contributed by atoms with Gasteiger partial charge in [0.05, 0.1) is 12.1 Å². The number of hydrogen-bond donors (Lipinski definition) is 1. The Bertz CT molecular complexity index is 800. The van der Waals surface area contributed by atoms with E-state index in [9.17, 15) is 9.90 Å². The molecule has 2 aromatic rings. The SMILES string of the molecule is CCC(C(C)O)N(C)C(=O)c1ccc(N2CCN(c3ccc(Br)cc3)CC2)cc1. The largest absolute Gasteiger partial charge is 0.391 e. The Kier molecular flexibility index (Phi) is 7.19. The zero-order chi connectivity index (χ0) is 21.0. The highest BCUT2D eigenvalue weighted by Gasteiger charge is 2.24. The number of anilines is 2. The van der Waals surface area contributed by atoms with Crippen molar-refractivity contribution in [2.45, 2.75) is 32.4 Å². The van der Waals surface area contributed by atoms with Crippen LogP contribution in [0.25, 0.3) is 0 Å². The standard InChI is InChI=1S/C23H30BrN3O2/c1-4-22(17(2)28)25(3)23(29)18-5-9-20(10-6-18)26-13-15-27(16-14-26)21-11-7-19(24)8-12-21/h5-12,17,22,28H,4,13-16H2,1-3H3. The molecule has 1 aliphatic heterocycles. The van der Waals surface area contributed by atoms with E-state index in [4.69, 9.17) is 0 Å². The fourth-order valence-corrected chi connectivity index (χ4v) is 4.25. The second kappa shape index (κ2) is 9.63. The minimum Gasteiger partial charge on any atom is -0.391 e. The normalized spacial score (nSPS) is 16.4. The molecule has 6 heteroatoms. The summed E-state index contributed by atoms with van der Waals surface area (Å²) in [6, 6.07) is 16.1. The first-order valence-electron chi connectivity index (χ1n) is 10.2. The summed E-state index contributed by atoms with van der Waals surface area (Å²) in [6.45, 7) is 7.55. The number of aliphatic hydroxyl groups is 1. The van der Waals surface area contributed by atoms with E-state index in [1.54, 1.807) is 18.9 Å². The molecule has 29 heavy (non-hydrogen) atoms. The highest BCUT2D eigenvalue weighted by Crippen LogP contribution is 2.23. The number of carbonyl (C=O) groups excluding carboxylic acids is 1. The zero-order valence-electron chi connectivity index (χ0n) is 17.4. The van der Waals surface area contributed by atoms with E-state index < -0.39 is 6.10 Å². The highest BCUT2D eigenvalue weighted by atomic mass is 79.9. The predicted molar refractivity (Wildman–Crippen MR) is 123 cm³/mol. The molecule has 1 N–H and O–H groups in total. The van der Waals surface area contributed by atoms with Crippen LogP contribution in [-0.4, -0.2) is 61.3 Å². The van der Waals surface area contributed by atoms with E-state index in [1.165, 1.54) is 5.69 Å². The molecule has 0 radical (unpaired) electrons. The first-order chi connectivity index (χ1) is 13.9. The van der Waals surface area contributed by atoms with Crippen molar-refractivity contribution in [1.29, 1.82) is 0 Å². The van der Waals surface area contributed by atoms with Crippen LogP contribution >= 0.6 is 15.9 Å². The lowest BCUT2D eigenvalue weighted by molar-refractivity contribution is 0.0485. The number of nitrogens with zero attached hydrogens (tertiary/aromatic N) is 3. The predicted octanol–water partition coefficient (Wildman–Crippen LogP) is 4.01. The Hall–Kier alpha value is -2.05. The monoisotopic (exact) mass is 459 g/mol. The van der Waals surface area contributed by atoms with E-state index >= 15 is 0 Å². The van der Waals surface area contributed by atoms with Crippen LogP contribution in [0.1, 0.15) is 30.6 Å². The Balaban J connectivity index is 1.61. The topological polar surface area (TPSA) is 47.0 Å². The molecule has 1 fully saturated rings. The number of halogens is 1. The maximum Gasteiger partial charge on any atom is 0.253 e. The minimum atomic E-state index is -0.546. The zero-order valence-corrected chi connectivity index (χ0v) is 19.0. The molecular weight excluding hydrogens is 430 g/mol. The summed E-state index contributed by atoms with van der Waals surface area (Å²) in [7, 11) is 1.76. The van der Waals surface area contributed by atoms with Crippen molar-refractivity contribution < 1.29 is 9.90 Å². The van der Waals surface area contributed by atoms with E-state index in [0.29, 0.717) is 5.56 Å². The second-order valence-electron chi connectivity index (χ2n) is 7.63. The summed E-state index contributed by atoms with van der Waals surface area (Å²) >= 11 is 3.49. The van der Waals surface area contributed by atoms with Gasteiger partial charge in [-0.2, -0.15) is 0 Å². The number of rotatable bonds is 6. The van der Waals surface area contributed by atoms with Gasteiger partial charge in [-0.3, -0.25) is 4.79 Å². The molecule has 0 spiro atoms. The summed E-state index contributed by atoms with van der Waals surface area (Å²) in [5.74, 6) is -0.0515. The first kappa shape index (κ1) is 21.7. The van der Waals surface area contributed by atoms with Crippen molar-refractivity contribution in [3.8, 4) is 0 Å². The van der Waals surface area contributed by atoms with Crippen molar-refractivity contribution in [3.05, 3.63) is 58.6 Å². The third-order valence-corrected chi connectivity index (χ3v) is 6.27. The molecule has 2 atom stereocenters. The van der Waals surface area contributed by atoms with E-state index in [2.05, 4.69) is 50.0 Å². The molecule has 2 aromatic carbocycles. The molecule has 1 heterocycles. The lowest BCUT2D eigenvalue weighted by Crippen LogP contribution is -2.46. The van der Waals surface area contributed by atoms with Gasteiger partial charge in [0, 0.05) is 54.6 Å². The van der Waals surface area contributed by atoms with Crippen LogP contribution in [0.5, 0.6) is 0 Å². The average molecular weight is 460 g/mol. The molecule has 0 saturated carbocycles. The molecule has 1 saturated heterocycles. The van der Waals surface area contributed by atoms with Gasteiger partial charge < -0.3 is 19.8 Å². The van der Waals surface area contributed by atoms with Crippen LogP contribution in [0, 0.1) is 0 Å². The van der Waals surface area contributed by atoms with Gasteiger partial charge in [-0.05, 0) is 61.9 Å². The van der Waals surface area contributed by atoms with Gasteiger partial charge in [0.2, 0.25) is 0 Å². The molecular formula is C23H30BrN3O2. The maximum absolute atomic E-state index is 12.8. The molecule has 1 aliphatic rings. The van der Waals surface area contributed by atoms with Gasteiger partial charge in [-0.1, -0.05) is 22.9 Å². The van der Waals surface area contributed by atoms with Gasteiger partial charge in [-0.15, -0.1) is 0 Å². The number of aliphatic hydroxyl groups excluding tert-OH is 1. The van der Waals surface area contributed by atoms with Crippen molar-refractivity contribution in [1.82, 2.24) is 4.90 Å². The molecule has 5 nitrogen and oxygen atoms in total. The third-order valence-electron chi connectivity index (χ3n) is 5.74. The summed E-state index contributed by atoms with van der Waals surface area (Å²) in [4.78, 5) is 19.2. The van der Waals surface area contributed by atoms with E-state index in [-0.39, 0.29) is 11.9 Å². The molecule has 0 aliphatic carbocycles. The Labute approximate surface area is 182 Å². The van der Waals surface area contributed by atoms with Crippen LogP contribution in [0.2, 0.25) is 0 Å². The average Bonchev–Trinajstić information content (AvgIpc) is 2.74. The van der Waals surface area contributed by atoms with Crippen molar-refractivity contribution in [2.24, 2.45) is 0 Å². The lowest BCUT2D eigenvalue weighted by Gasteiger charge is -2.37. The van der Waals surface area contributed by atoms with Gasteiger partial charge in [-0.25, -0.2) is 0 Å². The number of carbonyl (C=O) groups is 1. The summed E-state index contributed by atoms with van der Waals surface area (Å²) in [5, 5.41) is 9.90. The fraction of sp³-hybridized carbons (Fsp3) is 0.435. The van der Waals surface area contributed by atoms with Crippen molar-refractivity contribution in [3.63, 3.8) is 0 Å². The van der Waals surface area contributed by atoms with Crippen LogP contribution < -0.4 is 9.80 Å². The maximum atomic E-state index is 12.8. The van der Waals surface area contributed by atoms with Crippen LogP contribution in [0.3, 0.4) is 0 Å². The first-order valence-corrected chi connectivity index (χ1v) is 11.0. The minimum absolute atomic E-state index is 0.0515. The molecule has 156 valence electrons. The summed E-state index contributed by atoms with van der Waals surface area (Å²) in [6.07, 6.45) is 0.177. The van der Waals surface area contributed by atoms with Crippen molar-refractivity contribution in [2.75, 3.05) is 43.0 Å². The molecule has 0 aromatic heterocycles. The van der Waals surface area contributed by atoms with Gasteiger partial charge in [0.25, 0.3) is 5.91 Å². The smallest absolute Gasteiger partial charge is 0.253 e. The van der Waals surface area contributed by atoms with E-state index in [0.717, 1.165) is 42.8 Å². The lowest BCUT2D eigenvalue weighted by atomic mass is 10.1. The summed E-state index contributed by atoms with van der Waals surface area (Å²) < 4.78 is 1.10. The Morgan fingerprint density at radius 2 is 1.45 bits per heavy atom. The van der Waals surface area contributed by atoms with Crippen molar-refractivity contribution >= 4 is 33.2 Å². The third kappa shape index (κ3) is 5.11. The molecule has 2 unspecified atom stereocenters. The van der Waals surface area contributed by atoms with Crippen LogP contribution in [0.4, 0.5) is 11.4 Å². The number of benzene rings is 2. The number of hydrogen-bond acceptors (Lipinski definition) is 4. The molecule has 1 amide bonds. The summed E-state index contributed by atoms with van der Waals surface area (Å²) in [5.41, 5.74) is 3.05. The number of piperazine rings is 1. The highest BCUT2D eigenvalue weighted by molar-refractivity contribution is 9.10. The van der Waals surface area contributed by atoms with Crippen LogP contribution in [-0.2, 0) is 0 Å². The molecule has 3 rings (SSSR count). The quantitative estimate of drug-likeness (QED) is 0.708. The number of likely N-dealkylation sites (N-methyl/N-ethyl adjacent to an activating group) is 1. The number of amides is 1. The fourth-order valence-electron chi connectivity index (χ4n) is 3.98.